The van der Waals surface area contributed by atoms with Gasteiger partial charge in [0, 0.05) is 21.3 Å². The predicted octanol–water partition coefficient (Wildman–Crippen LogP) is 4.73. The molecule has 0 fully saturated rings. The van der Waals surface area contributed by atoms with E-state index < -0.39 is 0 Å². The van der Waals surface area contributed by atoms with Crippen molar-refractivity contribution < 1.29 is 9.21 Å². The van der Waals surface area contributed by atoms with E-state index in [0.29, 0.717) is 15.9 Å². The van der Waals surface area contributed by atoms with Crippen LogP contribution in [0.5, 0.6) is 0 Å². The van der Waals surface area contributed by atoms with Gasteiger partial charge in [0.2, 0.25) is 0 Å². The number of nitrogens with one attached hydrogen (secondary N) is 1. The lowest BCUT2D eigenvalue weighted by molar-refractivity contribution is -0.118. The van der Waals surface area contributed by atoms with E-state index in [-0.39, 0.29) is 11.7 Å². The Kier molecular flexibility index (Phi) is 7.13. The predicted molar refractivity (Wildman–Crippen MR) is 112 cm³/mol. The Morgan fingerprint density at radius 1 is 1.18 bits per heavy atom. The van der Waals surface area contributed by atoms with Crippen molar-refractivity contribution in [2.45, 2.75) is 29.0 Å². The zero-order valence-electron chi connectivity index (χ0n) is 15.2. The van der Waals surface area contributed by atoms with E-state index in [1.807, 2.05) is 50.2 Å². The van der Waals surface area contributed by atoms with Gasteiger partial charge in [-0.1, -0.05) is 35.1 Å². The van der Waals surface area contributed by atoms with E-state index in [0.717, 1.165) is 21.4 Å². The molecule has 0 atom stereocenters. The van der Waals surface area contributed by atoms with Crippen molar-refractivity contribution in [3.8, 4) is 0 Å². The molecule has 0 radical (unpaired) electrons. The number of benzene rings is 1. The van der Waals surface area contributed by atoms with E-state index in [1.165, 1.54) is 29.7 Å². The third-order valence-corrected chi connectivity index (χ3v) is 5.34. The van der Waals surface area contributed by atoms with Crippen molar-refractivity contribution in [1.82, 2.24) is 15.4 Å². The summed E-state index contributed by atoms with van der Waals surface area (Å²) in [5.41, 5.74) is 4.22. The summed E-state index contributed by atoms with van der Waals surface area (Å²) < 4.78 is 5.66. The van der Waals surface area contributed by atoms with Crippen molar-refractivity contribution in [2.24, 2.45) is 5.10 Å². The molecule has 3 rings (SSSR count). The highest BCUT2D eigenvalue weighted by atomic mass is 35.5. The van der Waals surface area contributed by atoms with Gasteiger partial charge in [0.05, 0.1) is 12.0 Å². The molecule has 2 aromatic heterocycles. The second-order valence-electron chi connectivity index (χ2n) is 5.73. The first-order chi connectivity index (χ1) is 13.5. The summed E-state index contributed by atoms with van der Waals surface area (Å²) in [6.07, 6.45) is 1.46. The van der Waals surface area contributed by atoms with Crippen molar-refractivity contribution in [3.63, 3.8) is 0 Å². The zero-order valence-corrected chi connectivity index (χ0v) is 17.6. The summed E-state index contributed by atoms with van der Waals surface area (Å²) in [7, 11) is 0. The van der Waals surface area contributed by atoms with Gasteiger partial charge in [0.1, 0.15) is 5.76 Å². The standard InChI is InChI=1S/C19H17ClN4O2S2/c1-12-9-13(2)23-19(22-12)27-11-17(25)24-21-10-15-5-8-18(26-15)28-16-6-3-14(20)4-7-16/h3-10H,11H2,1-2H3,(H,24,25)/b21-10-. The number of furan rings is 1. The van der Waals surface area contributed by atoms with Crippen molar-refractivity contribution >= 4 is 47.2 Å². The van der Waals surface area contributed by atoms with Gasteiger partial charge in [-0.2, -0.15) is 5.10 Å². The van der Waals surface area contributed by atoms with Crippen molar-refractivity contribution in [3.05, 3.63) is 64.6 Å². The Balaban J connectivity index is 1.47. The molecule has 0 saturated carbocycles. The summed E-state index contributed by atoms with van der Waals surface area (Å²) in [5, 5.41) is 5.91. The van der Waals surface area contributed by atoms with Gasteiger partial charge in [-0.25, -0.2) is 15.4 Å². The Morgan fingerprint density at radius 3 is 2.61 bits per heavy atom. The van der Waals surface area contributed by atoms with Gasteiger partial charge in [-0.15, -0.1) is 0 Å². The number of aryl methyl sites for hydroxylation is 2. The minimum atomic E-state index is -0.244. The summed E-state index contributed by atoms with van der Waals surface area (Å²) in [4.78, 5) is 21.5. The van der Waals surface area contributed by atoms with Crippen LogP contribution in [0.25, 0.3) is 0 Å². The third-order valence-electron chi connectivity index (χ3n) is 3.31. The van der Waals surface area contributed by atoms with Crippen LogP contribution in [-0.4, -0.2) is 27.8 Å². The van der Waals surface area contributed by atoms with Crippen LogP contribution in [0.3, 0.4) is 0 Å². The molecule has 0 spiro atoms. The monoisotopic (exact) mass is 432 g/mol. The molecule has 0 bridgehead atoms. The van der Waals surface area contributed by atoms with Crippen LogP contribution in [0.1, 0.15) is 17.1 Å². The minimum absolute atomic E-state index is 0.177. The number of carbonyl (C=O) groups is 1. The molecule has 28 heavy (non-hydrogen) atoms. The van der Waals surface area contributed by atoms with E-state index >= 15 is 0 Å². The number of carbonyl (C=O) groups excluding carboxylic acids is 1. The average molecular weight is 433 g/mol. The first kappa shape index (κ1) is 20.4. The topological polar surface area (TPSA) is 80.4 Å². The van der Waals surface area contributed by atoms with Gasteiger partial charge in [0.15, 0.2) is 10.2 Å². The molecule has 1 aromatic carbocycles. The number of hydrogen-bond donors (Lipinski definition) is 1. The second-order valence-corrected chi connectivity index (χ2v) is 8.18. The van der Waals surface area contributed by atoms with Crippen LogP contribution in [0.15, 0.2) is 67.1 Å². The molecule has 0 aliphatic carbocycles. The van der Waals surface area contributed by atoms with Crippen LogP contribution in [-0.2, 0) is 4.79 Å². The maximum atomic E-state index is 11.9. The number of thioether (sulfide) groups is 1. The number of halogens is 1. The third kappa shape index (κ3) is 6.40. The SMILES string of the molecule is Cc1cc(C)nc(SCC(=O)N/N=C\c2ccc(Sc3ccc(Cl)cc3)o2)n1. The molecule has 6 nitrogen and oxygen atoms in total. The fourth-order valence-corrected chi connectivity index (χ4v) is 3.81. The summed E-state index contributed by atoms with van der Waals surface area (Å²) in [5.74, 6) is 0.476. The van der Waals surface area contributed by atoms with Crippen LogP contribution in [0, 0.1) is 13.8 Å². The molecule has 0 aliphatic rings. The number of hydrogen-bond acceptors (Lipinski definition) is 7. The molecular weight excluding hydrogens is 416 g/mol. The molecule has 1 amide bonds. The summed E-state index contributed by atoms with van der Waals surface area (Å²) in [6, 6.07) is 13.0. The van der Waals surface area contributed by atoms with Crippen molar-refractivity contribution in [2.75, 3.05) is 5.75 Å². The lowest BCUT2D eigenvalue weighted by Gasteiger charge is -2.02. The molecule has 144 valence electrons. The largest absolute Gasteiger partial charge is 0.448 e. The Morgan fingerprint density at radius 2 is 1.89 bits per heavy atom. The number of amides is 1. The fraction of sp³-hybridized carbons (Fsp3) is 0.158. The molecule has 0 unspecified atom stereocenters. The molecule has 9 heteroatoms. The lowest BCUT2D eigenvalue weighted by atomic mass is 10.4. The van der Waals surface area contributed by atoms with E-state index in [2.05, 4.69) is 20.5 Å². The number of aromatic nitrogens is 2. The normalized spacial score (nSPS) is 11.1. The molecule has 2 heterocycles. The molecular formula is C19H17ClN4O2S2. The van der Waals surface area contributed by atoms with Crippen LogP contribution in [0.2, 0.25) is 5.02 Å². The smallest absolute Gasteiger partial charge is 0.250 e. The number of rotatable bonds is 7. The van der Waals surface area contributed by atoms with Gasteiger partial charge in [-0.3, -0.25) is 4.79 Å². The minimum Gasteiger partial charge on any atom is -0.448 e. The van der Waals surface area contributed by atoms with E-state index in [9.17, 15) is 4.79 Å². The van der Waals surface area contributed by atoms with Gasteiger partial charge in [0.25, 0.3) is 5.91 Å². The second kappa shape index (κ2) is 9.77. The molecule has 0 aliphatic heterocycles. The average Bonchev–Trinajstić information content (AvgIpc) is 3.08. The van der Waals surface area contributed by atoms with Crippen LogP contribution >= 0.6 is 35.1 Å². The highest BCUT2D eigenvalue weighted by Gasteiger charge is 2.06. The first-order valence-corrected chi connectivity index (χ1v) is 10.5. The molecule has 1 N–H and O–H groups in total. The Hall–Kier alpha value is -2.29. The van der Waals surface area contributed by atoms with Gasteiger partial charge < -0.3 is 4.42 Å². The first-order valence-electron chi connectivity index (χ1n) is 8.28. The molecule has 3 aromatic rings. The Bertz CT molecular complexity index is 970. The highest BCUT2D eigenvalue weighted by molar-refractivity contribution is 7.99. The van der Waals surface area contributed by atoms with E-state index in [4.69, 9.17) is 16.0 Å². The number of nitrogens with zero attached hydrogens (tertiary/aromatic N) is 3. The fourth-order valence-electron chi connectivity index (χ4n) is 2.17. The lowest BCUT2D eigenvalue weighted by Crippen LogP contribution is -2.19. The zero-order chi connectivity index (χ0) is 19.9. The maximum absolute atomic E-state index is 11.9. The van der Waals surface area contributed by atoms with Crippen LogP contribution in [0.4, 0.5) is 0 Å². The quantitative estimate of drug-likeness (QED) is 0.251. The Labute approximate surface area is 176 Å². The maximum Gasteiger partial charge on any atom is 0.250 e. The molecule has 0 saturated heterocycles. The van der Waals surface area contributed by atoms with Crippen molar-refractivity contribution in [1.29, 1.82) is 0 Å². The van der Waals surface area contributed by atoms with Crippen LogP contribution < -0.4 is 5.43 Å². The van der Waals surface area contributed by atoms with Gasteiger partial charge in [-0.05, 0) is 56.3 Å². The van der Waals surface area contributed by atoms with Gasteiger partial charge >= 0.3 is 0 Å². The summed E-state index contributed by atoms with van der Waals surface area (Å²) >= 11 is 8.62. The number of hydrazone groups is 1. The highest BCUT2D eigenvalue weighted by Crippen LogP contribution is 2.29. The summed E-state index contributed by atoms with van der Waals surface area (Å²) in [6.45, 7) is 3.79. The van der Waals surface area contributed by atoms with E-state index in [1.54, 1.807) is 6.07 Å².